The SMILES string of the molecule is CS(=O)(=O)c1cc(C=O)c(O)c2ccccc12. The number of rotatable bonds is 2. The van der Waals surface area contributed by atoms with Crippen LogP contribution in [0, 0.1) is 0 Å². The lowest BCUT2D eigenvalue weighted by Crippen LogP contribution is -2.00. The summed E-state index contributed by atoms with van der Waals surface area (Å²) >= 11 is 0. The van der Waals surface area contributed by atoms with E-state index in [9.17, 15) is 18.3 Å². The summed E-state index contributed by atoms with van der Waals surface area (Å²) in [7, 11) is -3.45. The number of hydrogen-bond donors (Lipinski definition) is 1. The monoisotopic (exact) mass is 250 g/mol. The van der Waals surface area contributed by atoms with Gasteiger partial charge in [-0.2, -0.15) is 0 Å². The standard InChI is InChI=1S/C12H10O4S/c1-17(15,16)11-6-8(7-13)12(14)10-5-3-2-4-9(10)11/h2-7,14H,1H3. The maximum absolute atomic E-state index is 11.6. The fourth-order valence-corrected chi connectivity index (χ4v) is 2.66. The van der Waals surface area contributed by atoms with Crippen LogP contribution < -0.4 is 0 Å². The average molecular weight is 250 g/mol. The summed E-state index contributed by atoms with van der Waals surface area (Å²) in [4.78, 5) is 10.8. The molecule has 0 aromatic heterocycles. The van der Waals surface area contributed by atoms with Crippen molar-refractivity contribution >= 4 is 26.9 Å². The quantitative estimate of drug-likeness (QED) is 0.824. The molecule has 0 saturated heterocycles. The smallest absolute Gasteiger partial charge is 0.176 e. The Morgan fingerprint density at radius 2 is 1.76 bits per heavy atom. The van der Waals surface area contributed by atoms with Crippen molar-refractivity contribution in [1.82, 2.24) is 0 Å². The molecule has 0 amide bonds. The summed E-state index contributed by atoms with van der Waals surface area (Å²) in [6.07, 6.45) is 1.51. The van der Waals surface area contributed by atoms with E-state index in [2.05, 4.69) is 0 Å². The number of phenolic OH excluding ortho intramolecular Hbond substituents is 1. The molecule has 0 fully saturated rings. The molecule has 1 N–H and O–H groups in total. The zero-order chi connectivity index (χ0) is 12.6. The molecule has 0 radical (unpaired) electrons. The minimum Gasteiger partial charge on any atom is -0.507 e. The van der Waals surface area contributed by atoms with Crippen molar-refractivity contribution in [3.8, 4) is 5.75 Å². The maximum atomic E-state index is 11.6. The number of carbonyl (C=O) groups excluding carboxylic acids is 1. The summed E-state index contributed by atoms with van der Waals surface area (Å²) in [5.41, 5.74) is -0.0240. The molecule has 0 aliphatic rings. The first-order valence-electron chi connectivity index (χ1n) is 4.85. The molecule has 5 heteroatoms. The van der Waals surface area contributed by atoms with Gasteiger partial charge in [-0.05, 0) is 6.07 Å². The van der Waals surface area contributed by atoms with Crippen molar-refractivity contribution in [3.05, 3.63) is 35.9 Å². The summed E-state index contributed by atoms with van der Waals surface area (Å²) < 4.78 is 23.3. The third-order valence-corrected chi connectivity index (χ3v) is 3.67. The van der Waals surface area contributed by atoms with E-state index in [1.54, 1.807) is 24.3 Å². The number of aldehydes is 1. The highest BCUT2D eigenvalue weighted by atomic mass is 32.2. The molecule has 2 aromatic rings. The van der Waals surface area contributed by atoms with E-state index < -0.39 is 9.84 Å². The molecule has 0 unspecified atom stereocenters. The Labute approximate surface area is 98.4 Å². The topological polar surface area (TPSA) is 71.4 Å². The van der Waals surface area contributed by atoms with Gasteiger partial charge in [0.15, 0.2) is 16.1 Å². The molecule has 0 saturated carbocycles. The highest BCUT2D eigenvalue weighted by molar-refractivity contribution is 7.91. The Balaban J connectivity index is 3.04. The van der Waals surface area contributed by atoms with Crippen molar-refractivity contribution < 1.29 is 18.3 Å². The zero-order valence-electron chi connectivity index (χ0n) is 9.04. The Morgan fingerprint density at radius 1 is 1.18 bits per heavy atom. The first-order valence-corrected chi connectivity index (χ1v) is 6.74. The van der Waals surface area contributed by atoms with Crippen LogP contribution in [0.2, 0.25) is 0 Å². The van der Waals surface area contributed by atoms with Gasteiger partial charge in [0.1, 0.15) is 5.75 Å². The van der Waals surface area contributed by atoms with Crippen LogP contribution in [0.3, 0.4) is 0 Å². The van der Waals surface area contributed by atoms with E-state index in [1.807, 2.05) is 0 Å². The van der Waals surface area contributed by atoms with Crippen LogP contribution in [0.4, 0.5) is 0 Å². The number of sulfone groups is 1. The van der Waals surface area contributed by atoms with Crippen LogP contribution in [0.1, 0.15) is 10.4 Å². The van der Waals surface area contributed by atoms with Crippen LogP contribution in [0.15, 0.2) is 35.2 Å². The normalized spacial score (nSPS) is 11.6. The lowest BCUT2D eigenvalue weighted by Gasteiger charge is -2.08. The molecule has 17 heavy (non-hydrogen) atoms. The van der Waals surface area contributed by atoms with E-state index in [0.717, 1.165) is 6.26 Å². The Morgan fingerprint density at radius 3 is 2.29 bits per heavy atom. The first-order chi connectivity index (χ1) is 7.95. The van der Waals surface area contributed by atoms with Gasteiger partial charge in [0, 0.05) is 17.0 Å². The molecule has 0 heterocycles. The summed E-state index contributed by atoms with van der Waals surface area (Å²) in [6, 6.07) is 7.71. The van der Waals surface area contributed by atoms with Crippen molar-refractivity contribution in [2.24, 2.45) is 0 Å². The molecule has 0 aliphatic heterocycles. The van der Waals surface area contributed by atoms with Gasteiger partial charge >= 0.3 is 0 Å². The van der Waals surface area contributed by atoms with Crippen LogP contribution in [-0.4, -0.2) is 26.1 Å². The van der Waals surface area contributed by atoms with Gasteiger partial charge in [-0.15, -0.1) is 0 Å². The Hall–Kier alpha value is -1.88. The third-order valence-electron chi connectivity index (χ3n) is 2.53. The molecular formula is C12H10O4S. The Kier molecular flexibility index (Phi) is 2.63. The lowest BCUT2D eigenvalue weighted by atomic mass is 10.1. The second kappa shape index (κ2) is 3.85. The number of phenols is 1. The van der Waals surface area contributed by atoms with E-state index in [1.165, 1.54) is 6.07 Å². The number of fused-ring (bicyclic) bond motifs is 1. The van der Waals surface area contributed by atoms with Gasteiger partial charge in [0.05, 0.1) is 10.5 Å². The van der Waals surface area contributed by atoms with Gasteiger partial charge in [-0.3, -0.25) is 4.79 Å². The molecule has 0 atom stereocenters. The second-order valence-electron chi connectivity index (χ2n) is 3.75. The molecular weight excluding hydrogens is 240 g/mol. The molecule has 4 nitrogen and oxygen atoms in total. The third kappa shape index (κ3) is 1.89. The number of carbonyl (C=O) groups is 1. The molecule has 0 aliphatic carbocycles. The number of hydrogen-bond acceptors (Lipinski definition) is 4. The molecule has 0 spiro atoms. The van der Waals surface area contributed by atoms with E-state index in [4.69, 9.17) is 0 Å². The maximum Gasteiger partial charge on any atom is 0.176 e. The van der Waals surface area contributed by atoms with Crippen molar-refractivity contribution in [2.75, 3.05) is 6.26 Å². The van der Waals surface area contributed by atoms with Crippen LogP contribution in [-0.2, 0) is 9.84 Å². The number of benzene rings is 2. The van der Waals surface area contributed by atoms with Gasteiger partial charge < -0.3 is 5.11 Å². The summed E-state index contributed by atoms with van der Waals surface area (Å²) in [5.74, 6) is -0.192. The molecule has 0 bridgehead atoms. The summed E-state index contributed by atoms with van der Waals surface area (Å²) in [5, 5.41) is 10.6. The zero-order valence-corrected chi connectivity index (χ0v) is 9.86. The minimum absolute atomic E-state index is 0.0240. The fourth-order valence-electron chi connectivity index (χ4n) is 1.74. The van der Waals surface area contributed by atoms with Crippen molar-refractivity contribution in [3.63, 3.8) is 0 Å². The highest BCUT2D eigenvalue weighted by Crippen LogP contribution is 2.32. The largest absolute Gasteiger partial charge is 0.507 e. The first kappa shape index (κ1) is 11.6. The molecule has 88 valence electrons. The van der Waals surface area contributed by atoms with Crippen LogP contribution >= 0.6 is 0 Å². The van der Waals surface area contributed by atoms with Crippen LogP contribution in [0.5, 0.6) is 5.75 Å². The highest BCUT2D eigenvalue weighted by Gasteiger charge is 2.16. The van der Waals surface area contributed by atoms with Crippen molar-refractivity contribution in [2.45, 2.75) is 4.90 Å². The number of aromatic hydroxyl groups is 1. The average Bonchev–Trinajstić information content (AvgIpc) is 2.28. The van der Waals surface area contributed by atoms with Crippen molar-refractivity contribution in [1.29, 1.82) is 0 Å². The van der Waals surface area contributed by atoms with E-state index >= 15 is 0 Å². The van der Waals surface area contributed by atoms with Gasteiger partial charge in [0.25, 0.3) is 0 Å². The molecule has 2 rings (SSSR count). The minimum atomic E-state index is -3.45. The fraction of sp³-hybridized carbons (Fsp3) is 0.0833. The predicted molar refractivity (Wildman–Crippen MR) is 64.1 cm³/mol. The lowest BCUT2D eigenvalue weighted by molar-refractivity contribution is 0.112. The molecule has 2 aromatic carbocycles. The summed E-state index contributed by atoms with van der Waals surface area (Å²) in [6.45, 7) is 0. The van der Waals surface area contributed by atoms with Gasteiger partial charge in [0.2, 0.25) is 0 Å². The van der Waals surface area contributed by atoms with E-state index in [0.29, 0.717) is 17.1 Å². The van der Waals surface area contributed by atoms with E-state index in [-0.39, 0.29) is 16.2 Å². The van der Waals surface area contributed by atoms with Crippen LogP contribution in [0.25, 0.3) is 10.8 Å². The second-order valence-corrected chi connectivity index (χ2v) is 5.73. The van der Waals surface area contributed by atoms with Gasteiger partial charge in [-0.25, -0.2) is 8.42 Å². The predicted octanol–water partition coefficient (Wildman–Crippen LogP) is 1.76. The Bertz CT molecular complexity index is 702. The van der Waals surface area contributed by atoms with Gasteiger partial charge in [-0.1, -0.05) is 24.3 Å².